The van der Waals surface area contributed by atoms with Gasteiger partial charge in [0.1, 0.15) is 9.77 Å². The molecular formula is C15H24ClN3O3S3. The number of carbonyl (C=O) groups is 1. The molecule has 142 valence electrons. The minimum Gasteiger partial charge on any atom is -0.347 e. The van der Waals surface area contributed by atoms with Crippen LogP contribution < -0.4 is 10.6 Å². The maximum Gasteiger partial charge on any atom is 0.263 e. The molecule has 0 bridgehead atoms. The Labute approximate surface area is 163 Å². The maximum atomic E-state index is 12.9. The fourth-order valence-electron chi connectivity index (χ4n) is 3.01. The third-order valence-corrected chi connectivity index (χ3v) is 8.49. The van der Waals surface area contributed by atoms with Crippen molar-refractivity contribution in [2.24, 2.45) is 5.92 Å². The second-order valence-corrected chi connectivity index (χ2v) is 10.2. The summed E-state index contributed by atoms with van der Waals surface area (Å²) >= 11 is 2.95. The van der Waals surface area contributed by atoms with E-state index in [1.165, 1.54) is 15.6 Å². The van der Waals surface area contributed by atoms with E-state index >= 15 is 0 Å². The van der Waals surface area contributed by atoms with Gasteiger partial charge in [0.2, 0.25) is 10.0 Å². The van der Waals surface area contributed by atoms with Gasteiger partial charge < -0.3 is 10.6 Å². The Morgan fingerprint density at radius 3 is 2.76 bits per heavy atom. The molecule has 1 aromatic rings. The minimum atomic E-state index is -3.59. The Morgan fingerprint density at radius 2 is 2.08 bits per heavy atom. The molecule has 3 heterocycles. The molecule has 1 aromatic heterocycles. The zero-order valence-corrected chi connectivity index (χ0v) is 17.3. The first kappa shape index (κ1) is 21.0. The van der Waals surface area contributed by atoms with Crippen LogP contribution in [-0.2, 0) is 10.0 Å². The average Bonchev–Trinajstić information content (AvgIpc) is 3.08. The van der Waals surface area contributed by atoms with Crippen LogP contribution in [0.25, 0.3) is 0 Å². The van der Waals surface area contributed by atoms with Gasteiger partial charge in [-0.05, 0) is 30.3 Å². The molecule has 2 aliphatic heterocycles. The summed E-state index contributed by atoms with van der Waals surface area (Å²) in [4.78, 5) is 13.1. The molecule has 0 aliphatic carbocycles. The first-order chi connectivity index (χ1) is 11.5. The number of rotatable bonds is 4. The van der Waals surface area contributed by atoms with E-state index in [1.807, 2.05) is 0 Å². The Hall–Kier alpha value is -0.320. The smallest absolute Gasteiger partial charge is 0.263 e. The summed E-state index contributed by atoms with van der Waals surface area (Å²) in [6, 6.07) is 1.59. The van der Waals surface area contributed by atoms with Gasteiger partial charge in [-0.2, -0.15) is 16.1 Å². The zero-order chi connectivity index (χ0) is 17.2. The second-order valence-electron chi connectivity index (χ2n) is 6.18. The molecule has 0 spiro atoms. The summed E-state index contributed by atoms with van der Waals surface area (Å²) in [6.45, 7) is 4.81. The molecule has 2 N–H and O–H groups in total. The molecule has 25 heavy (non-hydrogen) atoms. The lowest BCUT2D eigenvalue weighted by Gasteiger charge is -2.30. The van der Waals surface area contributed by atoms with Gasteiger partial charge in [0.25, 0.3) is 5.91 Å². The van der Waals surface area contributed by atoms with E-state index in [1.54, 1.807) is 23.2 Å². The van der Waals surface area contributed by atoms with Crippen molar-refractivity contribution in [2.45, 2.75) is 24.3 Å². The van der Waals surface area contributed by atoms with Crippen molar-refractivity contribution >= 4 is 51.4 Å². The predicted molar refractivity (Wildman–Crippen MR) is 106 cm³/mol. The Balaban J connectivity index is 0.00000225. The first-order valence-electron chi connectivity index (χ1n) is 8.17. The van der Waals surface area contributed by atoms with Crippen LogP contribution in [0.1, 0.15) is 23.0 Å². The standard InChI is InChI=1S/C15H23N3O3S3.ClH/c1-11-2-4-16-10-12(11)17-15(19)14-13(3-7-23-14)24(20,21)18-5-8-22-9-6-18;/h3,7,11-12,16H,2,4-6,8-10H2,1H3,(H,17,19);1H. The van der Waals surface area contributed by atoms with E-state index < -0.39 is 10.0 Å². The number of thioether (sulfide) groups is 1. The molecule has 0 saturated carbocycles. The fourth-order valence-corrected chi connectivity index (χ4v) is 6.89. The van der Waals surface area contributed by atoms with E-state index in [2.05, 4.69) is 17.6 Å². The molecule has 0 aromatic carbocycles. The second kappa shape index (κ2) is 9.05. The molecular weight excluding hydrogens is 402 g/mol. The van der Waals surface area contributed by atoms with Crippen molar-refractivity contribution in [2.75, 3.05) is 37.7 Å². The summed E-state index contributed by atoms with van der Waals surface area (Å²) < 4.78 is 27.2. The van der Waals surface area contributed by atoms with E-state index in [0.717, 1.165) is 31.0 Å². The lowest BCUT2D eigenvalue weighted by molar-refractivity contribution is 0.0916. The van der Waals surface area contributed by atoms with Crippen LogP contribution in [0.4, 0.5) is 0 Å². The molecule has 2 fully saturated rings. The molecule has 2 saturated heterocycles. The van der Waals surface area contributed by atoms with Crippen LogP contribution in [-0.4, -0.2) is 62.4 Å². The number of hydrogen-bond donors (Lipinski definition) is 2. The number of halogens is 1. The highest BCUT2D eigenvalue weighted by atomic mass is 35.5. The van der Waals surface area contributed by atoms with Gasteiger partial charge in [0.15, 0.2) is 0 Å². The quantitative estimate of drug-likeness (QED) is 0.766. The van der Waals surface area contributed by atoms with Crippen LogP contribution in [0.3, 0.4) is 0 Å². The van der Waals surface area contributed by atoms with Crippen molar-refractivity contribution in [1.29, 1.82) is 0 Å². The Bertz CT molecular complexity index is 689. The van der Waals surface area contributed by atoms with E-state index in [4.69, 9.17) is 0 Å². The zero-order valence-electron chi connectivity index (χ0n) is 14.1. The average molecular weight is 426 g/mol. The number of hydrogen-bond acceptors (Lipinski definition) is 6. The topological polar surface area (TPSA) is 78.5 Å². The van der Waals surface area contributed by atoms with Crippen LogP contribution in [0.5, 0.6) is 0 Å². The Morgan fingerprint density at radius 1 is 1.36 bits per heavy atom. The molecule has 10 heteroatoms. The SMILES string of the molecule is CC1CCNCC1NC(=O)c1sccc1S(=O)(=O)N1CCSCC1.Cl. The number of thiophene rings is 1. The van der Waals surface area contributed by atoms with Crippen molar-refractivity contribution in [3.63, 3.8) is 0 Å². The lowest BCUT2D eigenvalue weighted by atomic mass is 9.95. The van der Waals surface area contributed by atoms with Gasteiger partial charge in [-0.1, -0.05) is 6.92 Å². The van der Waals surface area contributed by atoms with Crippen molar-refractivity contribution in [1.82, 2.24) is 14.9 Å². The third-order valence-electron chi connectivity index (χ3n) is 4.57. The highest BCUT2D eigenvalue weighted by molar-refractivity contribution is 7.99. The summed E-state index contributed by atoms with van der Waals surface area (Å²) in [7, 11) is -3.59. The highest BCUT2D eigenvalue weighted by Crippen LogP contribution is 2.27. The predicted octanol–water partition coefficient (Wildman–Crippen LogP) is 1.64. The number of nitrogens with zero attached hydrogens (tertiary/aromatic N) is 1. The van der Waals surface area contributed by atoms with Crippen LogP contribution in [0, 0.1) is 5.92 Å². The molecule has 1 amide bonds. The van der Waals surface area contributed by atoms with Crippen LogP contribution >= 0.6 is 35.5 Å². The van der Waals surface area contributed by atoms with Crippen molar-refractivity contribution < 1.29 is 13.2 Å². The lowest BCUT2D eigenvalue weighted by Crippen LogP contribution is -2.50. The molecule has 3 rings (SSSR count). The summed E-state index contributed by atoms with van der Waals surface area (Å²) in [5, 5.41) is 7.96. The number of carbonyl (C=O) groups excluding carboxylic acids is 1. The molecule has 2 atom stereocenters. The van der Waals surface area contributed by atoms with E-state index in [0.29, 0.717) is 23.9 Å². The fraction of sp³-hybridized carbons (Fsp3) is 0.667. The van der Waals surface area contributed by atoms with Crippen molar-refractivity contribution in [3.05, 3.63) is 16.3 Å². The largest absolute Gasteiger partial charge is 0.347 e. The summed E-state index contributed by atoms with van der Waals surface area (Å²) in [5.74, 6) is 1.71. The monoisotopic (exact) mass is 425 g/mol. The molecule has 0 radical (unpaired) electrons. The molecule has 6 nitrogen and oxygen atoms in total. The van der Waals surface area contributed by atoms with Gasteiger partial charge in [-0.3, -0.25) is 4.79 Å². The van der Waals surface area contributed by atoms with Gasteiger partial charge in [-0.15, -0.1) is 23.7 Å². The number of amides is 1. The molecule has 2 aliphatic rings. The summed E-state index contributed by atoms with van der Waals surface area (Å²) in [5.41, 5.74) is 0. The maximum absolute atomic E-state index is 12.9. The number of piperidine rings is 1. The highest BCUT2D eigenvalue weighted by Gasteiger charge is 2.32. The number of nitrogens with one attached hydrogen (secondary N) is 2. The van der Waals surface area contributed by atoms with Gasteiger partial charge >= 0.3 is 0 Å². The van der Waals surface area contributed by atoms with Crippen molar-refractivity contribution in [3.8, 4) is 0 Å². The van der Waals surface area contributed by atoms with E-state index in [9.17, 15) is 13.2 Å². The number of sulfonamides is 1. The normalized spacial score (nSPS) is 25.2. The van der Waals surface area contributed by atoms with Gasteiger partial charge in [-0.25, -0.2) is 8.42 Å². The first-order valence-corrected chi connectivity index (χ1v) is 11.6. The van der Waals surface area contributed by atoms with Gasteiger partial charge in [0, 0.05) is 37.2 Å². The molecule has 2 unspecified atom stereocenters. The summed E-state index contributed by atoms with van der Waals surface area (Å²) in [6.07, 6.45) is 1.01. The Kier molecular flexibility index (Phi) is 7.60. The third kappa shape index (κ3) is 4.70. The van der Waals surface area contributed by atoms with Crippen LogP contribution in [0.2, 0.25) is 0 Å². The minimum absolute atomic E-state index is 0. The van der Waals surface area contributed by atoms with Gasteiger partial charge in [0.05, 0.1) is 0 Å². The van der Waals surface area contributed by atoms with Crippen LogP contribution in [0.15, 0.2) is 16.3 Å². The van der Waals surface area contributed by atoms with E-state index in [-0.39, 0.29) is 29.3 Å².